The summed E-state index contributed by atoms with van der Waals surface area (Å²) in [5, 5.41) is 4.12. The van der Waals surface area contributed by atoms with E-state index in [1.165, 1.54) is 4.57 Å². The molecule has 0 spiro atoms. The van der Waals surface area contributed by atoms with Gasteiger partial charge in [0.15, 0.2) is 0 Å². The number of likely N-dealkylation sites (tertiary alicyclic amines) is 1. The third-order valence-electron chi connectivity index (χ3n) is 5.37. The fourth-order valence-corrected chi connectivity index (χ4v) is 4.03. The van der Waals surface area contributed by atoms with Crippen molar-refractivity contribution in [3.63, 3.8) is 0 Å². The van der Waals surface area contributed by atoms with E-state index >= 15 is 0 Å². The van der Waals surface area contributed by atoms with Crippen molar-refractivity contribution in [3.05, 3.63) is 93.7 Å². The summed E-state index contributed by atoms with van der Waals surface area (Å²) in [6, 6.07) is 21.7. The molecule has 8 heteroatoms. The third kappa shape index (κ3) is 4.09. The Kier molecular flexibility index (Phi) is 5.15. The Hall–Kier alpha value is -3.29. The van der Waals surface area contributed by atoms with E-state index in [1.54, 1.807) is 23.1 Å². The lowest BCUT2D eigenvalue weighted by molar-refractivity contribution is -0.133. The van der Waals surface area contributed by atoms with Crippen molar-refractivity contribution >= 4 is 34.1 Å². The summed E-state index contributed by atoms with van der Waals surface area (Å²) in [6.07, 6.45) is 0. The van der Waals surface area contributed by atoms with Crippen molar-refractivity contribution in [1.82, 2.24) is 14.5 Å². The van der Waals surface area contributed by atoms with E-state index in [9.17, 15) is 13.6 Å². The summed E-state index contributed by atoms with van der Waals surface area (Å²) in [5.74, 6) is -2.21. The van der Waals surface area contributed by atoms with Gasteiger partial charge in [-0.15, -0.1) is 0 Å². The van der Waals surface area contributed by atoms with Crippen molar-refractivity contribution in [2.75, 3.05) is 18.4 Å². The molecular weight excluding hydrogens is 434 g/mol. The number of hydrogen-bond acceptors (Lipinski definition) is 4. The number of aromatic nitrogens is 2. The van der Waals surface area contributed by atoms with Crippen LogP contribution in [0.1, 0.15) is 5.56 Å². The van der Waals surface area contributed by atoms with Crippen LogP contribution in [0.15, 0.2) is 77.6 Å². The summed E-state index contributed by atoms with van der Waals surface area (Å²) < 4.78 is 27.6. The minimum absolute atomic E-state index is 0.207. The molecule has 1 N–H and O–H groups in total. The van der Waals surface area contributed by atoms with Gasteiger partial charge in [-0.25, -0.2) is 18.3 Å². The molecule has 0 bridgehead atoms. The van der Waals surface area contributed by atoms with Crippen LogP contribution >= 0.6 is 11.6 Å². The van der Waals surface area contributed by atoms with Crippen LogP contribution in [0.4, 0.5) is 20.4 Å². The Bertz CT molecular complexity index is 1330. The smallest absolute Gasteiger partial charge is 0.272 e. The maximum Gasteiger partial charge on any atom is 0.272 e. The first-order valence-corrected chi connectivity index (χ1v) is 10.5. The van der Waals surface area contributed by atoms with Crippen LogP contribution in [-0.2, 0) is 6.54 Å². The van der Waals surface area contributed by atoms with Crippen LogP contribution < -0.4 is 10.9 Å². The average Bonchev–Trinajstić information content (AvgIpc) is 2.75. The van der Waals surface area contributed by atoms with Crippen LogP contribution in [0, 0.1) is 0 Å². The summed E-state index contributed by atoms with van der Waals surface area (Å²) >= 11 is 6.10. The van der Waals surface area contributed by atoms with Gasteiger partial charge < -0.3 is 5.32 Å². The number of anilines is 2. The fourth-order valence-electron chi connectivity index (χ4n) is 3.86. The summed E-state index contributed by atoms with van der Waals surface area (Å²) in [4.78, 5) is 19.7. The molecule has 0 amide bonds. The predicted molar refractivity (Wildman–Crippen MR) is 122 cm³/mol. The highest BCUT2D eigenvalue weighted by molar-refractivity contribution is 6.31. The summed E-state index contributed by atoms with van der Waals surface area (Å²) in [7, 11) is 0. The molecule has 5 nitrogen and oxygen atoms in total. The van der Waals surface area contributed by atoms with Gasteiger partial charge in [0.2, 0.25) is 5.95 Å². The first-order valence-electron chi connectivity index (χ1n) is 10.1. The van der Waals surface area contributed by atoms with Gasteiger partial charge in [0.05, 0.1) is 29.7 Å². The van der Waals surface area contributed by atoms with Gasteiger partial charge >= 0.3 is 0 Å². The van der Waals surface area contributed by atoms with Crippen LogP contribution in [0.3, 0.4) is 0 Å². The Morgan fingerprint density at radius 1 is 1.00 bits per heavy atom. The predicted octanol–water partition coefficient (Wildman–Crippen LogP) is 5.23. The number of alkyl halides is 2. The molecule has 2 heterocycles. The molecule has 3 aromatic carbocycles. The average molecular weight is 453 g/mol. The Balaban J connectivity index is 1.48. The van der Waals surface area contributed by atoms with E-state index in [0.29, 0.717) is 34.1 Å². The second-order valence-electron chi connectivity index (χ2n) is 7.90. The van der Waals surface area contributed by atoms with E-state index in [2.05, 4.69) is 10.3 Å². The lowest BCUT2D eigenvalue weighted by Crippen LogP contribution is -2.55. The second-order valence-corrected chi connectivity index (χ2v) is 8.33. The molecule has 0 radical (unpaired) electrons. The maximum absolute atomic E-state index is 13.3. The van der Waals surface area contributed by atoms with Gasteiger partial charge in [-0.2, -0.15) is 0 Å². The Morgan fingerprint density at radius 2 is 1.72 bits per heavy atom. The van der Waals surface area contributed by atoms with Gasteiger partial charge in [-0.1, -0.05) is 41.9 Å². The monoisotopic (exact) mass is 452 g/mol. The molecule has 1 fully saturated rings. The summed E-state index contributed by atoms with van der Waals surface area (Å²) in [6.45, 7) is 0.0579. The first kappa shape index (κ1) is 20.6. The van der Waals surface area contributed by atoms with E-state index in [-0.39, 0.29) is 18.6 Å². The Morgan fingerprint density at radius 3 is 2.41 bits per heavy atom. The van der Waals surface area contributed by atoms with Crippen molar-refractivity contribution in [3.8, 4) is 5.69 Å². The van der Waals surface area contributed by atoms with E-state index in [4.69, 9.17) is 11.6 Å². The number of hydrogen-bond donors (Lipinski definition) is 1. The molecule has 1 aliphatic heterocycles. The van der Waals surface area contributed by atoms with Gasteiger partial charge in [0.1, 0.15) is 0 Å². The Labute approximate surface area is 187 Å². The normalized spacial score (nSPS) is 15.5. The van der Waals surface area contributed by atoms with Gasteiger partial charge in [-0.3, -0.25) is 9.69 Å². The number of nitrogens with zero attached hydrogens (tertiary/aromatic N) is 3. The van der Waals surface area contributed by atoms with E-state index < -0.39 is 5.92 Å². The SMILES string of the molecule is O=c1c2cc(Cl)ccc2nc(Nc2ccc(CN3CC(F)(F)C3)cc2)n1-c1ccccc1. The molecule has 1 saturated heterocycles. The number of para-hydroxylation sites is 1. The number of rotatable bonds is 5. The van der Waals surface area contributed by atoms with Crippen molar-refractivity contribution in [2.24, 2.45) is 0 Å². The zero-order chi connectivity index (χ0) is 22.3. The van der Waals surface area contributed by atoms with Crippen LogP contribution in [0.25, 0.3) is 16.6 Å². The minimum atomic E-state index is -2.57. The zero-order valence-electron chi connectivity index (χ0n) is 16.9. The third-order valence-corrected chi connectivity index (χ3v) is 5.61. The van der Waals surface area contributed by atoms with Crippen molar-refractivity contribution < 1.29 is 8.78 Å². The highest BCUT2D eigenvalue weighted by Crippen LogP contribution is 2.28. The molecule has 0 aliphatic carbocycles. The van der Waals surface area contributed by atoms with Gasteiger partial charge in [-0.05, 0) is 48.0 Å². The molecule has 4 aromatic rings. The highest BCUT2D eigenvalue weighted by Gasteiger charge is 2.43. The first-order chi connectivity index (χ1) is 15.4. The van der Waals surface area contributed by atoms with Crippen LogP contribution in [-0.4, -0.2) is 33.5 Å². The van der Waals surface area contributed by atoms with Crippen molar-refractivity contribution in [2.45, 2.75) is 12.5 Å². The van der Waals surface area contributed by atoms with Crippen LogP contribution in [0.5, 0.6) is 0 Å². The molecule has 5 rings (SSSR count). The standard InChI is InChI=1S/C24H19ClF2N4O/c25-17-8-11-21-20(12-17)22(32)31(19-4-2-1-3-5-19)23(29-21)28-18-9-6-16(7-10-18)13-30-14-24(26,27)15-30/h1-12H,13-15H2,(H,28,29). The number of halogens is 3. The van der Waals surface area contributed by atoms with E-state index in [0.717, 1.165) is 11.3 Å². The summed E-state index contributed by atoms with van der Waals surface area (Å²) in [5.41, 5.74) is 2.64. The lowest BCUT2D eigenvalue weighted by atomic mass is 10.1. The minimum Gasteiger partial charge on any atom is -0.325 e. The molecular formula is C24H19ClF2N4O. The lowest BCUT2D eigenvalue weighted by Gasteiger charge is -2.38. The largest absolute Gasteiger partial charge is 0.325 e. The van der Waals surface area contributed by atoms with Crippen LogP contribution in [0.2, 0.25) is 5.02 Å². The quantitative estimate of drug-likeness (QED) is 0.450. The van der Waals surface area contributed by atoms with Gasteiger partial charge in [0.25, 0.3) is 11.5 Å². The molecule has 1 aliphatic rings. The van der Waals surface area contributed by atoms with E-state index in [1.807, 2.05) is 54.6 Å². The molecule has 32 heavy (non-hydrogen) atoms. The van der Waals surface area contributed by atoms with Gasteiger partial charge in [0, 0.05) is 17.3 Å². The highest BCUT2D eigenvalue weighted by atomic mass is 35.5. The number of benzene rings is 3. The zero-order valence-corrected chi connectivity index (χ0v) is 17.7. The molecule has 0 atom stereocenters. The van der Waals surface area contributed by atoms with Crippen molar-refractivity contribution in [1.29, 1.82) is 0 Å². The second kappa shape index (κ2) is 8.00. The fraction of sp³-hybridized carbons (Fsp3) is 0.167. The molecule has 0 saturated carbocycles. The molecule has 0 unspecified atom stereocenters. The number of fused-ring (bicyclic) bond motifs is 1. The topological polar surface area (TPSA) is 50.2 Å². The molecule has 162 valence electrons. The maximum atomic E-state index is 13.3. The number of nitrogens with one attached hydrogen (secondary N) is 1. The molecule has 1 aromatic heterocycles.